The SMILES string of the molecule is CCCCCCCC/C=C\CCCCCCCC(=O)OCC(COP(=O)(O)OC)OC(=O)CCCCCCCCC/C=C\CCCCCCCCC. The van der Waals surface area contributed by atoms with E-state index in [1.54, 1.807) is 0 Å². The van der Waals surface area contributed by atoms with Crippen molar-refractivity contribution >= 4 is 19.8 Å². The summed E-state index contributed by atoms with van der Waals surface area (Å²) in [4.78, 5) is 34.4. The lowest BCUT2D eigenvalue weighted by atomic mass is 10.1. The highest BCUT2D eigenvalue weighted by Crippen LogP contribution is 2.42. The van der Waals surface area contributed by atoms with Gasteiger partial charge in [-0.15, -0.1) is 0 Å². The first-order chi connectivity index (χ1) is 25.3. The standard InChI is InChI=1S/C43H81O8P/c1-4-6-8-10-12-14-16-18-20-21-22-24-26-28-30-32-34-36-38-43(45)51-41(40-50-52(46,47)48-3)39-49-42(44)37-35-33-31-29-27-25-23-19-17-15-13-11-9-7-5-2/h19-21,23,41H,4-18,22,24-40H2,1-3H3,(H,46,47)/b21-20-,23-19-. The maximum atomic E-state index is 12.5. The molecule has 0 fully saturated rings. The summed E-state index contributed by atoms with van der Waals surface area (Å²) >= 11 is 0. The predicted molar refractivity (Wildman–Crippen MR) is 216 cm³/mol. The van der Waals surface area contributed by atoms with Crippen LogP contribution in [0.2, 0.25) is 0 Å². The molecule has 0 saturated carbocycles. The van der Waals surface area contributed by atoms with E-state index in [0.29, 0.717) is 6.42 Å². The van der Waals surface area contributed by atoms with Gasteiger partial charge in [0, 0.05) is 20.0 Å². The fourth-order valence-corrected chi connectivity index (χ4v) is 6.52. The normalized spacial score (nSPS) is 13.5. The number of hydrogen-bond acceptors (Lipinski definition) is 7. The molecule has 0 aliphatic carbocycles. The van der Waals surface area contributed by atoms with E-state index in [-0.39, 0.29) is 25.4 Å². The van der Waals surface area contributed by atoms with Crippen molar-refractivity contribution in [1.29, 1.82) is 0 Å². The van der Waals surface area contributed by atoms with Gasteiger partial charge in [-0.25, -0.2) is 4.57 Å². The van der Waals surface area contributed by atoms with Gasteiger partial charge in [-0.3, -0.25) is 18.6 Å². The van der Waals surface area contributed by atoms with Crippen LogP contribution in [0.25, 0.3) is 0 Å². The van der Waals surface area contributed by atoms with Crippen LogP contribution in [0.3, 0.4) is 0 Å². The Morgan fingerprint density at radius 1 is 0.519 bits per heavy atom. The molecular weight excluding hydrogens is 675 g/mol. The average molecular weight is 757 g/mol. The monoisotopic (exact) mass is 757 g/mol. The van der Waals surface area contributed by atoms with Gasteiger partial charge in [0.05, 0.1) is 6.61 Å². The maximum Gasteiger partial charge on any atom is 0.472 e. The van der Waals surface area contributed by atoms with Gasteiger partial charge in [-0.05, 0) is 64.2 Å². The van der Waals surface area contributed by atoms with Crippen molar-refractivity contribution in [2.45, 2.75) is 219 Å². The molecule has 52 heavy (non-hydrogen) atoms. The second kappa shape index (κ2) is 39.2. The molecular formula is C43H81O8P. The first-order valence-corrected chi connectivity index (χ1v) is 23.0. The van der Waals surface area contributed by atoms with E-state index >= 15 is 0 Å². The van der Waals surface area contributed by atoms with Crippen LogP contribution in [0, 0.1) is 0 Å². The first-order valence-electron chi connectivity index (χ1n) is 21.5. The summed E-state index contributed by atoms with van der Waals surface area (Å²) in [6.07, 6.45) is 43.7. The Labute approximate surface area is 320 Å². The van der Waals surface area contributed by atoms with Crippen LogP contribution in [0.4, 0.5) is 0 Å². The Morgan fingerprint density at radius 3 is 1.25 bits per heavy atom. The van der Waals surface area contributed by atoms with Crippen LogP contribution in [0.5, 0.6) is 0 Å². The van der Waals surface area contributed by atoms with Gasteiger partial charge in [0.2, 0.25) is 0 Å². The van der Waals surface area contributed by atoms with Crippen molar-refractivity contribution in [3.05, 3.63) is 24.3 Å². The molecule has 0 aromatic rings. The van der Waals surface area contributed by atoms with Crippen molar-refractivity contribution in [3.63, 3.8) is 0 Å². The summed E-state index contributed by atoms with van der Waals surface area (Å²) in [7, 11) is -3.20. The molecule has 0 aliphatic rings. The van der Waals surface area contributed by atoms with Gasteiger partial charge >= 0.3 is 19.8 Å². The highest BCUT2D eigenvalue weighted by molar-refractivity contribution is 7.47. The van der Waals surface area contributed by atoms with E-state index in [1.165, 1.54) is 116 Å². The van der Waals surface area contributed by atoms with Crippen LogP contribution in [0.15, 0.2) is 24.3 Å². The van der Waals surface area contributed by atoms with E-state index in [4.69, 9.17) is 14.0 Å². The lowest BCUT2D eigenvalue weighted by Gasteiger charge is -2.19. The number of phosphoric acid groups is 1. The topological polar surface area (TPSA) is 108 Å². The number of carbonyl (C=O) groups excluding carboxylic acids is 2. The second-order valence-corrected chi connectivity index (χ2v) is 16.0. The van der Waals surface area contributed by atoms with Crippen LogP contribution in [-0.4, -0.2) is 43.3 Å². The predicted octanol–water partition coefficient (Wildman–Crippen LogP) is 13.5. The second-order valence-electron chi connectivity index (χ2n) is 14.5. The minimum atomic E-state index is -4.26. The molecule has 2 unspecified atom stereocenters. The molecule has 0 amide bonds. The summed E-state index contributed by atoms with van der Waals surface area (Å²) < 4.78 is 32.0. The summed E-state index contributed by atoms with van der Waals surface area (Å²) in [6, 6.07) is 0. The molecule has 0 aromatic heterocycles. The van der Waals surface area contributed by atoms with E-state index in [0.717, 1.165) is 71.3 Å². The van der Waals surface area contributed by atoms with Crippen molar-refractivity contribution < 1.29 is 37.6 Å². The van der Waals surface area contributed by atoms with Gasteiger partial charge < -0.3 is 14.4 Å². The molecule has 0 heterocycles. The molecule has 2 atom stereocenters. The number of hydrogen-bond donors (Lipinski definition) is 1. The van der Waals surface area contributed by atoms with Gasteiger partial charge in [0.1, 0.15) is 6.61 Å². The molecule has 1 N–H and O–H groups in total. The Bertz CT molecular complexity index is 906. The zero-order valence-corrected chi connectivity index (χ0v) is 34.9. The quantitative estimate of drug-likeness (QED) is 0.0285. The van der Waals surface area contributed by atoms with Crippen LogP contribution < -0.4 is 0 Å². The number of carbonyl (C=O) groups is 2. The van der Waals surface area contributed by atoms with Gasteiger partial charge in [-0.2, -0.15) is 0 Å². The van der Waals surface area contributed by atoms with E-state index < -0.39 is 26.5 Å². The minimum absolute atomic E-state index is 0.228. The Hall–Kier alpha value is -1.47. The summed E-state index contributed by atoms with van der Waals surface area (Å²) in [5.74, 6) is -0.813. The van der Waals surface area contributed by atoms with Crippen molar-refractivity contribution in [2.24, 2.45) is 0 Å². The van der Waals surface area contributed by atoms with Gasteiger partial charge in [0.15, 0.2) is 6.10 Å². The molecule has 0 radical (unpaired) electrons. The van der Waals surface area contributed by atoms with E-state index in [2.05, 4.69) is 42.7 Å². The smallest absolute Gasteiger partial charge is 0.462 e. The maximum absolute atomic E-state index is 12.5. The third-order valence-electron chi connectivity index (χ3n) is 9.42. The van der Waals surface area contributed by atoms with Gasteiger partial charge in [-0.1, -0.05) is 160 Å². The molecule has 0 bridgehead atoms. The Balaban J connectivity index is 4.00. The number of rotatable bonds is 40. The van der Waals surface area contributed by atoms with Crippen LogP contribution >= 0.6 is 7.82 Å². The summed E-state index contributed by atoms with van der Waals surface area (Å²) in [5, 5.41) is 0. The van der Waals surface area contributed by atoms with Crippen molar-refractivity contribution in [1.82, 2.24) is 0 Å². The first kappa shape index (κ1) is 50.5. The lowest BCUT2D eigenvalue weighted by Crippen LogP contribution is -2.29. The van der Waals surface area contributed by atoms with Crippen molar-refractivity contribution in [3.8, 4) is 0 Å². The zero-order chi connectivity index (χ0) is 38.2. The highest BCUT2D eigenvalue weighted by Gasteiger charge is 2.24. The fourth-order valence-electron chi connectivity index (χ4n) is 6.06. The number of unbranched alkanes of at least 4 members (excludes halogenated alkanes) is 25. The van der Waals surface area contributed by atoms with Crippen LogP contribution in [0.1, 0.15) is 213 Å². The molecule has 8 nitrogen and oxygen atoms in total. The average Bonchev–Trinajstić information content (AvgIpc) is 3.13. The summed E-state index contributed by atoms with van der Waals surface area (Å²) in [6.45, 7) is 3.88. The third-order valence-corrected chi connectivity index (χ3v) is 10.4. The Morgan fingerprint density at radius 2 is 0.865 bits per heavy atom. The summed E-state index contributed by atoms with van der Waals surface area (Å²) in [5.41, 5.74) is 0. The van der Waals surface area contributed by atoms with E-state index in [9.17, 15) is 19.0 Å². The largest absolute Gasteiger partial charge is 0.472 e. The lowest BCUT2D eigenvalue weighted by molar-refractivity contribution is -0.161. The molecule has 306 valence electrons. The molecule has 0 spiro atoms. The highest BCUT2D eigenvalue weighted by atomic mass is 31.2. The van der Waals surface area contributed by atoms with Gasteiger partial charge in [0.25, 0.3) is 0 Å². The number of ether oxygens (including phenoxy) is 2. The molecule has 0 aromatic carbocycles. The molecule has 0 rings (SSSR count). The van der Waals surface area contributed by atoms with Crippen molar-refractivity contribution in [2.75, 3.05) is 20.3 Å². The molecule has 9 heteroatoms. The molecule has 0 saturated heterocycles. The third kappa shape index (κ3) is 38.3. The Kier molecular flexibility index (Phi) is 38.1. The number of esters is 2. The number of allylic oxidation sites excluding steroid dienone is 4. The fraction of sp³-hybridized carbons (Fsp3) is 0.860. The van der Waals surface area contributed by atoms with E-state index in [1.807, 2.05) is 0 Å². The number of phosphoric ester groups is 1. The van der Waals surface area contributed by atoms with Crippen LogP contribution in [-0.2, 0) is 32.7 Å². The minimum Gasteiger partial charge on any atom is -0.462 e. The zero-order valence-electron chi connectivity index (χ0n) is 34.0. The molecule has 0 aliphatic heterocycles.